The summed E-state index contributed by atoms with van der Waals surface area (Å²) in [6.45, 7) is 2.05. The molecule has 2 aliphatic rings. The highest BCUT2D eigenvalue weighted by Crippen LogP contribution is 2.41. The van der Waals surface area contributed by atoms with Crippen LogP contribution in [0.3, 0.4) is 0 Å². The number of imidazole rings is 1. The van der Waals surface area contributed by atoms with Crippen molar-refractivity contribution in [2.75, 3.05) is 19.6 Å². The number of carbonyl (C=O) groups excluding carboxylic acids is 2. The van der Waals surface area contributed by atoms with E-state index >= 15 is 0 Å². The van der Waals surface area contributed by atoms with Gasteiger partial charge in [-0.2, -0.15) is 0 Å². The summed E-state index contributed by atoms with van der Waals surface area (Å²) in [7, 11) is 0. The van der Waals surface area contributed by atoms with Crippen molar-refractivity contribution in [1.82, 2.24) is 19.8 Å². The molecule has 1 aromatic carbocycles. The fourth-order valence-electron chi connectivity index (χ4n) is 4.27. The van der Waals surface area contributed by atoms with Crippen LogP contribution < -0.4 is 0 Å². The highest BCUT2D eigenvalue weighted by molar-refractivity contribution is 5.91. The van der Waals surface area contributed by atoms with E-state index in [9.17, 15) is 14.0 Å². The van der Waals surface area contributed by atoms with E-state index < -0.39 is 5.41 Å². The molecule has 27 heavy (non-hydrogen) atoms. The maximum absolute atomic E-state index is 14.0. The number of aromatic amines is 1. The topological polar surface area (TPSA) is 69.3 Å². The summed E-state index contributed by atoms with van der Waals surface area (Å²) in [5, 5.41) is 0. The third kappa shape index (κ3) is 3.34. The van der Waals surface area contributed by atoms with Crippen LogP contribution in [0.5, 0.6) is 0 Å². The second kappa shape index (κ2) is 7.13. The number of halogens is 1. The predicted molar refractivity (Wildman–Crippen MR) is 97.2 cm³/mol. The molecule has 142 valence electrons. The van der Waals surface area contributed by atoms with Gasteiger partial charge in [-0.1, -0.05) is 18.2 Å². The summed E-state index contributed by atoms with van der Waals surface area (Å²) < 4.78 is 14.0. The van der Waals surface area contributed by atoms with E-state index in [0.29, 0.717) is 50.4 Å². The molecule has 0 saturated carbocycles. The Morgan fingerprint density at radius 1 is 1.19 bits per heavy atom. The van der Waals surface area contributed by atoms with Gasteiger partial charge in [0.2, 0.25) is 5.91 Å². The molecule has 1 spiro atoms. The zero-order chi connectivity index (χ0) is 18.9. The summed E-state index contributed by atoms with van der Waals surface area (Å²) in [6, 6.07) is 6.61. The van der Waals surface area contributed by atoms with E-state index in [4.69, 9.17) is 0 Å². The Morgan fingerprint density at radius 2 is 1.96 bits per heavy atom. The van der Waals surface area contributed by atoms with Gasteiger partial charge in [-0.25, -0.2) is 9.37 Å². The van der Waals surface area contributed by atoms with Crippen molar-refractivity contribution in [3.8, 4) is 0 Å². The molecule has 2 amide bonds. The average Bonchev–Trinajstić information content (AvgIpc) is 3.22. The van der Waals surface area contributed by atoms with Crippen molar-refractivity contribution < 1.29 is 14.0 Å². The summed E-state index contributed by atoms with van der Waals surface area (Å²) in [5.74, 6) is 0.0364. The van der Waals surface area contributed by atoms with Gasteiger partial charge in [-0.15, -0.1) is 0 Å². The van der Waals surface area contributed by atoms with E-state index in [1.165, 1.54) is 6.07 Å². The molecule has 2 aliphatic heterocycles. The predicted octanol–water partition coefficient (Wildman–Crippen LogP) is 2.59. The number of nitrogens with one attached hydrogen (secondary N) is 1. The Labute approximate surface area is 157 Å². The summed E-state index contributed by atoms with van der Waals surface area (Å²) in [4.78, 5) is 36.1. The SMILES string of the molecule is O=C(c1ncc[nH]1)N1CCC2(CCCN(Cc3ccccc3F)C2=O)CC1. The molecule has 0 radical (unpaired) electrons. The molecule has 0 bridgehead atoms. The van der Waals surface area contributed by atoms with Crippen LogP contribution in [0, 0.1) is 11.2 Å². The van der Waals surface area contributed by atoms with Crippen LogP contribution in [-0.4, -0.2) is 51.2 Å². The first kappa shape index (κ1) is 17.7. The third-order valence-corrected chi connectivity index (χ3v) is 5.85. The third-order valence-electron chi connectivity index (χ3n) is 5.85. The monoisotopic (exact) mass is 370 g/mol. The molecule has 7 heteroatoms. The number of likely N-dealkylation sites (tertiary alicyclic amines) is 2. The van der Waals surface area contributed by atoms with Gasteiger partial charge < -0.3 is 14.8 Å². The van der Waals surface area contributed by atoms with Gasteiger partial charge >= 0.3 is 0 Å². The van der Waals surface area contributed by atoms with Crippen LogP contribution in [0.1, 0.15) is 41.9 Å². The van der Waals surface area contributed by atoms with Crippen LogP contribution in [0.15, 0.2) is 36.7 Å². The van der Waals surface area contributed by atoms with Crippen LogP contribution >= 0.6 is 0 Å². The number of hydrogen-bond acceptors (Lipinski definition) is 3. The number of piperidine rings is 2. The minimum atomic E-state index is -0.427. The largest absolute Gasteiger partial charge is 0.341 e. The minimum absolute atomic E-state index is 0.0992. The molecule has 0 unspecified atom stereocenters. The number of amides is 2. The summed E-state index contributed by atoms with van der Waals surface area (Å²) >= 11 is 0. The Morgan fingerprint density at radius 3 is 2.67 bits per heavy atom. The van der Waals surface area contributed by atoms with Crippen LogP contribution in [-0.2, 0) is 11.3 Å². The van der Waals surface area contributed by atoms with Crippen LogP contribution in [0.25, 0.3) is 0 Å². The number of carbonyl (C=O) groups is 2. The second-order valence-corrected chi connectivity index (χ2v) is 7.43. The molecule has 6 nitrogen and oxygen atoms in total. The number of hydrogen-bond donors (Lipinski definition) is 1. The summed E-state index contributed by atoms with van der Waals surface area (Å²) in [6.07, 6.45) is 6.22. The molecular weight excluding hydrogens is 347 g/mol. The van der Waals surface area contributed by atoms with Crippen molar-refractivity contribution in [2.45, 2.75) is 32.2 Å². The van der Waals surface area contributed by atoms with Crippen LogP contribution in [0.2, 0.25) is 0 Å². The zero-order valence-electron chi connectivity index (χ0n) is 15.2. The smallest absolute Gasteiger partial charge is 0.289 e. The quantitative estimate of drug-likeness (QED) is 0.903. The molecule has 4 rings (SSSR count). The summed E-state index contributed by atoms with van der Waals surface area (Å²) in [5.41, 5.74) is 0.122. The molecule has 0 aliphatic carbocycles. The average molecular weight is 370 g/mol. The van der Waals surface area contributed by atoms with Crippen molar-refractivity contribution in [3.63, 3.8) is 0 Å². The van der Waals surface area contributed by atoms with Gasteiger partial charge in [0.05, 0.1) is 5.41 Å². The highest BCUT2D eigenvalue weighted by atomic mass is 19.1. The molecule has 3 heterocycles. The highest BCUT2D eigenvalue weighted by Gasteiger charge is 2.46. The molecule has 0 atom stereocenters. The fraction of sp³-hybridized carbons (Fsp3) is 0.450. The molecule has 2 fully saturated rings. The maximum atomic E-state index is 14.0. The lowest BCUT2D eigenvalue weighted by molar-refractivity contribution is -0.150. The molecular formula is C20H23FN4O2. The molecule has 1 aromatic heterocycles. The van der Waals surface area contributed by atoms with Gasteiger partial charge in [0.15, 0.2) is 5.82 Å². The first-order valence-electron chi connectivity index (χ1n) is 9.40. The number of nitrogens with zero attached hydrogens (tertiary/aromatic N) is 3. The molecule has 2 aromatic rings. The van der Waals surface area contributed by atoms with Crippen molar-refractivity contribution >= 4 is 11.8 Å². The zero-order valence-corrected chi connectivity index (χ0v) is 15.2. The lowest BCUT2D eigenvalue weighted by Gasteiger charge is -2.46. The molecule has 2 saturated heterocycles. The number of aromatic nitrogens is 2. The number of H-pyrrole nitrogens is 1. The van der Waals surface area contributed by atoms with E-state index in [1.807, 2.05) is 0 Å². The van der Waals surface area contributed by atoms with Gasteiger partial charge in [-0.3, -0.25) is 9.59 Å². The number of rotatable bonds is 3. The second-order valence-electron chi connectivity index (χ2n) is 7.43. The van der Waals surface area contributed by atoms with Crippen molar-refractivity contribution in [2.24, 2.45) is 5.41 Å². The Kier molecular flexibility index (Phi) is 4.68. The normalized spacial score (nSPS) is 19.5. The Balaban J connectivity index is 1.44. The van der Waals surface area contributed by atoms with Crippen molar-refractivity contribution in [3.05, 3.63) is 53.9 Å². The number of benzene rings is 1. The Bertz CT molecular complexity index is 828. The minimum Gasteiger partial charge on any atom is -0.341 e. The first-order chi connectivity index (χ1) is 13.1. The maximum Gasteiger partial charge on any atom is 0.289 e. The first-order valence-corrected chi connectivity index (χ1v) is 9.40. The van der Waals surface area contributed by atoms with Gasteiger partial charge in [0.25, 0.3) is 5.91 Å². The molecule has 1 N–H and O–H groups in total. The van der Waals surface area contributed by atoms with Gasteiger partial charge in [0, 0.05) is 44.1 Å². The fourth-order valence-corrected chi connectivity index (χ4v) is 4.27. The lowest BCUT2D eigenvalue weighted by Crippen LogP contribution is -2.54. The lowest BCUT2D eigenvalue weighted by atomic mass is 9.71. The van der Waals surface area contributed by atoms with E-state index in [0.717, 1.165) is 12.8 Å². The van der Waals surface area contributed by atoms with E-state index in [2.05, 4.69) is 9.97 Å². The van der Waals surface area contributed by atoms with Crippen molar-refractivity contribution in [1.29, 1.82) is 0 Å². The van der Waals surface area contributed by atoms with Gasteiger partial charge in [-0.05, 0) is 31.7 Å². The van der Waals surface area contributed by atoms with E-state index in [-0.39, 0.29) is 17.6 Å². The van der Waals surface area contributed by atoms with E-state index in [1.54, 1.807) is 40.4 Å². The Hall–Kier alpha value is -2.70. The standard InChI is InChI=1S/C20H23FN4O2/c21-16-5-2-1-4-15(16)14-25-11-3-6-20(19(25)27)7-12-24(13-8-20)18(26)17-22-9-10-23-17/h1-2,4-5,9-10H,3,6-8,11-14H2,(H,22,23). The van der Waals surface area contributed by atoms with Crippen LogP contribution in [0.4, 0.5) is 4.39 Å². The van der Waals surface area contributed by atoms with Gasteiger partial charge in [0.1, 0.15) is 5.82 Å².